The molecule has 0 heterocycles. The first kappa shape index (κ1) is 27.4. The predicted molar refractivity (Wildman–Crippen MR) is 155 cm³/mol. The fourth-order valence-corrected chi connectivity index (χ4v) is 5.36. The number of aryl methyl sites for hydroxylation is 1. The van der Waals surface area contributed by atoms with Gasteiger partial charge < -0.3 is 14.5 Å². The van der Waals surface area contributed by atoms with Crippen molar-refractivity contribution in [2.24, 2.45) is 5.92 Å². The molecule has 0 aliphatic heterocycles. The van der Waals surface area contributed by atoms with Crippen molar-refractivity contribution in [3.63, 3.8) is 0 Å². The number of amides is 1. The van der Waals surface area contributed by atoms with Crippen LogP contribution in [0.25, 0.3) is 11.1 Å². The summed E-state index contributed by atoms with van der Waals surface area (Å²) < 4.78 is 4.84. The van der Waals surface area contributed by atoms with Crippen LogP contribution in [0.2, 0.25) is 0 Å². The van der Waals surface area contributed by atoms with Crippen LogP contribution in [0.1, 0.15) is 55.2 Å². The van der Waals surface area contributed by atoms with Gasteiger partial charge in [0.1, 0.15) is 0 Å². The minimum atomic E-state index is -0.221. The van der Waals surface area contributed by atoms with E-state index in [2.05, 4.69) is 60.4 Å². The van der Waals surface area contributed by atoms with Crippen molar-refractivity contribution in [2.75, 3.05) is 31.0 Å². The molecule has 1 amide bonds. The number of carbonyl (C=O) groups is 2. The molecular formula is C33H40N2O3. The number of hydrogen-bond acceptors (Lipinski definition) is 4. The maximum absolute atomic E-state index is 13.9. The van der Waals surface area contributed by atoms with Gasteiger partial charge in [-0.05, 0) is 72.2 Å². The summed E-state index contributed by atoms with van der Waals surface area (Å²) in [6.45, 7) is 2.58. The van der Waals surface area contributed by atoms with E-state index in [9.17, 15) is 9.59 Å². The first-order valence-corrected chi connectivity index (χ1v) is 13.7. The van der Waals surface area contributed by atoms with Gasteiger partial charge >= 0.3 is 5.97 Å². The molecule has 3 aromatic rings. The first-order chi connectivity index (χ1) is 18.4. The Labute approximate surface area is 227 Å². The van der Waals surface area contributed by atoms with E-state index in [4.69, 9.17) is 4.74 Å². The molecule has 0 unspecified atom stereocenters. The molecule has 5 heteroatoms. The molecular weight excluding hydrogens is 472 g/mol. The molecule has 1 fully saturated rings. The highest BCUT2D eigenvalue weighted by atomic mass is 16.5. The van der Waals surface area contributed by atoms with Crippen molar-refractivity contribution >= 4 is 23.3 Å². The Hall–Kier alpha value is -3.60. The smallest absolute Gasteiger partial charge is 0.305 e. The Morgan fingerprint density at radius 3 is 2.11 bits per heavy atom. The van der Waals surface area contributed by atoms with E-state index in [1.165, 1.54) is 24.8 Å². The number of benzene rings is 3. The fourth-order valence-electron chi connectivity index (χ4n) is 5.36. The molecule has 0 bridgehead atoms. The van der Waals surface area contributed by atoms with Crippen LogP contribution in [-0.4, -0.2) is 33.1 Å². The SMILES string of the molecule is COC(=O)CCc1cccc(N(Cc2ccc(-c3ccc(N(C)C)cc3)cc2)C(=O)C2CCCCC2)c1C. The molecule has 0 spiro atoms. The van der Waals surface area contributed by atoms with E-state index in [0.717, 1.165) is 53.6 Å². The van der Waals surface area contributed by atoms with Crippen molar-refractivity contribution in [1.82, 2.24) is 0 Å². The van der Waals surface area contributed by atoms with E-state index in [1.807, 2.05) is 37.2 Å². The third kappa shape index (κ3) is 6.63. The second kappa shape index (κ2) is 12.8. The topological polar surface area (TPSA) is 49.9 Å². The van der Waals surface area contributed by atoms with Gasteiger partial charge in [-0.15, -0.1) is 0 Å². The predicted octanol–water partition coefficient (Wildman–Crippen LogP) is 6.95. The molecule has 1 aliphatic carbocycles. The second-order valence-electron chi connectivity index (χ2n) is 10.5. The van der Waals surface area contributed by atoms with Gasteiger partial charge in [0, 0.05) is 37.8 Å². The van der Waals surface area contributed by atoms with Crippen LogP contribution in [0.5, 0.6) is 0 Å². The Bertz CT molecular complexity index is 1230. The number of methoxy groups -OCH3 is 1. The van der Waals surface area contributed by atoms with Crippen LogP contribution < -0.4 is 9.80 Å². The van der Waals surface area contributed by atoms with E-state index in [0.29, 0.717) is 19.4 Å². The highest BCUT2D eigenvalue weighted by molar-refractivity contribution is 5.96. The standard InChI is InChI=1S/C33H40N2O3/c1-24-26(19-22-32(36)38-4)11-8-12-31(24)35(33(37)29-9-6-5-7-10-29)23-25-13-15-27(16-14-25)28-17-20-30(21-18-28)34(2)3/h8,11-18,20-21,29H,5-7,9-10,19,22-23H2,1-4H3. The van der Waals surface area contributed by atoms with Crippen LogP contribution in [0.15, 0.2) is 66.7 Å². The van der Waals surface area contributed by atoms with Gasteiger partial charge in [0.15, 0.2) is 0 Å². The zero-order valence-corrected chi connectivity index (χ0v) is 23.2. The summed E-state index contributed by atoms with van der Waals surface area (Å²) in [5.41, 5.74) is 7.67. The summed E-state index contributed by atoms with van der Waals surface area (Å²) in [5, 5.41) is 0. The van der Waals surface area contributed by atoms with Crippen molar-refractivity contribution < 1.29 is 14.3 Å². The molecule has 0 radical (unpaired) electrons. The maximum atomic E-state index is 13.9. The minimum Gasteiger partial charge on any atom is -0.469 e. The molecule has 0 saturated heterocycles. The fraction of sp³-hybridized carbons (Fsp3) is 0.394. The Balaban J connectivity index is 1.60. The molecule has 0 atom stereocenters. The molecule has 1 saturated carbocycles. The third-order valence-electron chi connectivity index (χ3n) is 7.77. The van der Waals surface area contributed by atoms with Crippen LogP contribution in [0.4, 0.5) is 11.4 Å². The molecule has 200 valence electrons. The molecule has 4 rings (SSSR count). The molecule has 3 aromatic carbocycles. The average molecular weight is 513 g/mol. The van der Waals surface area contributed by atoms with Crippen LogP contribution in [-0.2, 0) is 27.3 Å². The van der Waals surface area contributed by atoms with Gasteiger partial charge in [-0.3, -0.25) is 9.59 Å². The molecule has 5 nitrogen and oxygen atoms in total. The lowest BCUT2D eigenvalue weighted by Crippen LogP contribution is -2.37. The van der Waals surface area contributed by atoms with Gasteiger partial charge in [0.2, 0.25) is 5.91 Å². The van der Waals surface area contributed by atoms with Gasteiger partial charge in [-0.2, -0.15) is 0 Å². The Morgan fingerprint density at radius 1 is 0.868 bits per heavy atom. The van der Waals surface area contributed by atoms with Crippen LogP contribution in [0.3, 0.4) is 0 Å². The third-order valence-corrected chi connectivity index (χ3v) is 7.77. The van der Waals surface area contributed by atoms with Crippen molar-refractivity contribution in [3.05, 3.63) is 83.4 Å². The molecule has 1 aliphatic rings. The number of anilines is 2. The van der Waals surface area contributed by atoms with E-state index < -0.39 is 0 Å². The normalized spacial score (nSPS) is 13.7. The van der Waals surface area contributed by atoms with Crippen molar-refractivity contribution in [1.29, 1.82) is 0 Å². The lowest BCUT2D eigenvalue weighted by molar-refractivity contribution is -0.140. The first-order valence-electron chi connectivity index (χ1n) is 13.7. The van der Waals surface area contributed by atoms with Crippen molar-refractivity contribution in [3.8, 4) is 11.1 Å². The molecule has 0 aromatic heterocycles. The van der Waals surface area contributed by atoms with Gasteiger partial charge in [-0.1, -0.05) is 67.8 Å². The van der Waals surface area contributed by atoms with Gasteiger partial charge in [0.25, 0.3) is 0 Å². The summed E-state index contributed by atoms with van der Waals surface area (Å²) in [6.07, 6.45) is 6.28. The summed E-state index contributed by atoms with van der Waals surface area (Å²) in [7, 11) is 5.50. The summed E-state index contributed by atoms with van der Waals surface area (Å²) >= 11 is 0. The Morgan fingerprint density at radius 2 is 1.50 bits per heavy atom. The van der Waals surface area contributed by atoms with Gasteiger partial charge in [0.05, 0.1) is 13.7 Å². The number of rotatable bonds is 9. The summed E-state index contributed by atoms with van der Waals surface area (Å²) in [4.78, 5) is 29.7. The van der Waals surface area contributed by atoms with E-state index in [-0.39, 0.29) is 17.8 Å². The number of nitrogens with zero attached hydrogens (tertiary/aromatic N) is 2. The monoisotopic (exact) mass is 512 g/mol. The maximum Gasteiger partial charge on any atom is 0.305 e. The molecule has 0 N–H and O–H groups in total. The summed E-state index contributed by atoms with van der Waals surface area (Å²) in [6, 6.07) is 23.2. The zero-order chi connectivity index (χ0) is 27.1. The number of ether oxygens (including phenoxy) is 1. The van der Waals surface area contributed by atoms with Gasteiger partial charge in [-0.25, -0.2) is 0 Å². The van der Waals surface area contributed by atoms with Crippen molar-refractivity contribution in [2.45, 2.75) is 58.4 Å². The van der Waals surface area contributed by atoms with Crippen LogP contribution in [0, 0.1) is 12.8 Å². The number of hydrogen-bond donors (Lipinski definition) is 0. The number of esters is 1. The largest absolute Gasteiger partial charge is 0.469 e. The second-order valence-corrected chi connectivity index (χ2v) is 10.5. The minimum absolute atomic E-state index is 0.0661. The number of carbonyl (C=O) groups excluding carboxylic acids is 2. The van der Waals surface area contributed by atoms with E-state index >= 15 is 0 Å². The average Bonchev–Trinajstić information content (AvgIpc) is 2.96. The molecule has 38 heavy (non-hydrogen) atoms. The quantitative estimate of drug-likeness (QED) is 0.291. The lowest BCUT2D eigenvalue weighted by atomic mass is 9.87. The zero-order valence-electron chi connectivity index (χ0n) is 23.2. The van der Waals surface area contributed by atoms with E-state index in [1.54, 1.807) is 0 Å². The lowest BCUT2D eigenvalue weighted by Gasteiger charge is -2.31. The summed E-state index contributed by atoms with van der Waals surface area (Å²) in [5.74, 6) is 0.0546. The Kier molecular flexibility index (Phi) is 9.22. The van der Waals surface area contributed by atoms with Crippen LogP contribution >= 0.6 is 0 Å². The highest BCUT2D eigenvalue weighted by Crippen LogP contribution is 2.32. The highest BCUT2D eigenvalue weighted by Gasteiger charge is 2.28.